The summed E-state index contributed by atoms with van der Waals surface area (Å²) in [5, 5.41) is 0. The Morgan fingerprint density at radius 2 is 1.82 bits per heavy atom. The topological polar surface area (TPSA) is 99.2 Å². The highest BCUT2D eigenvalue weighted by atomic mass is 16.6. The van der Waals surface area contributed by atoms with Crippen LogP contribution >= 0.6 is 0 Å². The number of benzene rings is 2. The number of likely N-dealkylation sites (tertiary alicyclic amines) is 1. The van der Waals surface area contributed by atoms with Gasteiger partial charge in [-0.3, -0.25) is 14.5 Å². The molecule has 8 heteroatoms. The van der Waals surface area contributed by atoms with Crippen LogP contribution in [0.1, 0.15) is 85.2 Å². The van der Waals surface area contributed by atoms with E-state index in [1.54, 1.807) is 32.9 Å². The van der Waals surface area contributed by atoms with Crippen molar-refractivity contribution >= 4 is 23.6 Å². The van der Waals surface area contributed by atoms with Crippen molar-refractivity contribution in [3.63, 3.8) is 0 Å². The zero-order chi connectivity index (χ0) is 27.9. The Labute approximate surface area is 228 Å². The van der Waals surface area contributed by atoms with Gasteiger partial charge in [-0.2, -0.15) is 0 Å². The van der Waals surface area contributed by atoms with E-state index in [1.807, 2.05) is 25.1 Å². The predicted molar refractivity (Wildman–Crippen MR) is 144 cm³/mol. The molecule has 39 heavy (non-hydrogen) atoms. The fourth-order valence-electron chi connectivity index (χ4n) is 5.58. The molecular weight excluding hydrogens is 498 g/mol. The minimum Gasteiger partial charge on any atom is -0.488 e. The van der Waals surface area contributed by atoms with Gasteiger partial charge in [-0.25, -0.2) is 9.59 Å². The van der Waals surface area contributed by atoms with E-state index >= 15 is 0 Å². The molecule has 0 radical (unpaired) electrons. The van der Waals surface area contributed by atoms with Crippen LogP contribution in [0.5, 0.6) is 5.75 Å². The van der Waals surface area contributed by atoms with Gasteiger partial charge in [-0.05, 0) is 80.8 Å². The lowest BCUT2D eigenvalue weighted by atomic mass is 9.86. The number of rotatable bonds is 5. The molecule has 2 aromatic rings. The van der Waals surface area contributed by atoms with Crippen molar-refractivity contribution in [3.05, 3.63) is 52.6 Å². The Bertz CT molecular complexity index is 1340. The summed E-state index contributed by atoms with van der Waals surface area (Å²) in [7, 11) is 0. The summed E-state index contributed by atoms with van der Waals surface area (Å²) < 4.78 is 16.9. The summed E-state index contributed by atoms with van der Waals surface area (Å²) in [5.74, 6) is 0.0709. The highest BCUT2D eigenvalue weighted by Crippen LogP contribution is 2.41. The summed E-state index contributed by atoms with van der Waals surface area (Å²) in [6.45, 7) is 7.63. The first-order valence-electron chi connectivity index (χ1n) is 13.7. The zero-order valence-corrected chi connectivity index (χ0v) is 23.0. The second-order valence-electron chi connectivity index (χ2n) is 11.6. The molecule has 0 N–H and O–H groups in total. The molecule has 2 aromatic carbocycles. The first-order valence-corrected chi connectivity index (χ1v) is 13.7. The quantitative estimate of drug-likeness (QED) is 0.368. The number of amides is 1. The summed E-state index contributed by atoms with van der Waals surface area (Å²) in [4.78, 5) is 52.4. The summed E-state index contributed by atoms with van der Waals surface area (Å²) in [6.07, 6.45) is 3.02. The fraction of sp³-hybridized carbons (Fsp3) is 0.484. The van der Waals surface area contributed by atoms with E-state index in [2.05, 4.69) is 0 Å². The maximum absolute atomic E-state index is 13.0. The Balaban J connectivity index is 1.27. The number of nitrogens with zero attached hydrogens (tertiary/aromatic N) is 1. The average Bonchev–Trinajstić information content (AvgIpc) is 3.35. The van der Waals surface area contributed by atoms with Crippen LogP contribution in [-0.2, 0) is 27.3 Å². The van der Waals surface area contributed by atoms with E-state index in [0.717, 1.165) is 47.1 Å². The van der Waals surface area contributed by atoms with Crippen molar-refractivity contribution in [3.8, 4) is 16.9 Å². The highest BCUT2D eigenvalue weighted by molar-refractivity contribution is 6.01. The predicted octanol–water partition coefficient (Wildman–Crippen LogP) is 5.53. The smallest absolute Gasteiger partial charge is 0.411 e. The molecule has 1 aliphatic carbocycles. The number of carbonyl (C=O) groups is 4. The summed E-state index contributed by atoms with van der Waals surface area (Å²) in [6, 6.07) is 8.49. The molecule has 0 spiro atoms. The van der Waals surface area contributed by atoms with Crippen LogP contribution in [0.2, 0.25) is 0 Å². The van der Waals surface area contributed by atoms with Gasteiger partial charge in [0.05, 0.1) is 0 Å². The van der Waals surface area contributed by atoms with Gasteiger partial charge in [0.1, 0.15) is 24.0 Å². The van der Waals surface area contributed by atoms with Gasteiger partial charge in [0.15, 0.2) is 18.2 Å². The number of fused-ring (bicyclic) bond motifs is 4. The number of ether oxygens (including phenoxy) is 3. The largest absolute Gasteiger partial charge is 0.488 e. The molecule has 1 amide bonds. The monoisotopic (exact) mass is 533 g/mol. The standard InChI is InChI=1S/C31H35NO7/c1-5-18-11-25(32(15-18)30(36)39-31(2,3)4)29(35)38-17-27(34)20-9-10-22-21(12-20)16-37-28-14-23-19(13-24(22)28)7-6-8-26(23)33/h9-10,12-14,18,25H,5-8,11,15-17H2,1-4H3/t18-,25?/m0/s1. The minimum atomic E-state index is -0.774. The van der Waals surface area contributed by atoms with Crippen molar-refractivity contribution in [2.24, 2.45) is 5.92 Å². The Morgan fingerprint density at radius 1 is 1.03 bits per heavy atom. The summed E-state index contributed by atoms with van der Waals surface area (Å²) >= 11 is 0. The second kappa shape index (κ2) is 10.5. The van der Waals surface area contributed by atoms with Gasteiger partial charge in [0.25, 0.3) is 0 Å². The van der Waals surface area contributed by atoms with E-state index in [4.69, 9.17) is 14.2 Å². The van der Waals surface area contributed by atoms with Crippen LogP contribution in [0.3, 0.4) is 0 Å². The number of esters is 1. The molecule has 8 nitrogen and oxygen atoms in total. The molecule has 1 unspecified atom stereocenters. The van der Waals surface area contributed by atoms with Crippen LogP contribution < -0.4 is 4.74 Å². The van der Waals surface area contributed by atoms with Gasteiger partial charge in [-0.1, -0.05) is 25.5 Å². The number of hydrogen-bond acceptors (Lipinski definition) is 7. The normalized spacial score (nSPS) is 19.9. The molecule has 0 saturated carbocycles. The Hall–Kier alpha value is -3.68. The SMILES string of the molecule is CC[C@H]1CC(C(=O)OCC(=O)c2ccc3c(c2)COc2cc4c(cc2-3)CCCC4=O)N(C(=O)OC(C)(C)C)C1. The molecule has 3 aliphatic rings. The lowest BCUT2D eigenvalue weighted by Gasteiger charge is -2.27. The lowest BCUT2D eigenvalue weighted by molar-refractivity contribution is -0.147. The van der Waals surface area contributed by atoms with Crippen molar-refractivity contribution in [1.29, 1.82) is 0 Å². The van der Waals surface area contributed by atoms with Crippen molar-refractivity contribution in [2.45, 2.75) is 78.0 Å². The van der Waals surface area contributed by atoms with Gasteiger partial charge >= 0.3 is 12.1 Å². The number of carbonyl (C=O) groups excluding carboxylic acids is 4. The second-order valence-corrected chi connectivity index (χ2v) is 11.6. The third-order valence-corrected chi connectivity index (χ3v) is 7.67. The molecule has 5 rings (SSSR count). The lowest BCUT2D eigenvalue weighted by Crippen LogP contribution is -2.44. The van der Waals surface area contributed by atoms with Crippen LogP contribution in [0.25, 0.3) is 11.1 Å². The molecule has 2 heterocycles. The van der Waals surface area contributed by atoms with Gasteiger partial charge in [0.2, 0.25) is 0 Å². The van der Waals surface area contributed by atoms with E-state index < -0.39 is 30.3 Å². The van der Waals surface area contributed by atoms with Gasteiger partial charge in [0, 0.05) is 29.7 Å². The van der Waals surface area contributed by atoms with E-state index in [0.29, 0.717) is 30.7 Å². The van der Waals surface area contributed by atoms with Crippen molar-refractivity contribution in [2.75, 3.05) is 13.2 Å². The number of Topliss-reactive ketones (excluding diaryl/α,β-unsaturated/α-hetero) is 2. The fourth-order valence-corrected chi connectivity index (χ4v) is 5.58. The summed E-state index contributed by atoms with van der Waals surface area (Å²) in [5.41, 5.74) is 4.27. The number of hydrogen-bond donors (Lipinski definition) is 0. The third-order valence-electron chi connectivity index (χ3n) is 7.67. The maximum Gasteiger partial charge on any atom is 0.411 e. The van der Waals surface area contributed by atoms with E-state index in [-0.39, 0.29) is 24.1 Å². The minimum absolute atomic E-state index is 0.154. The number of ketones is 2. The van der Waals surface area contributed by atoms with E-state index in [9.17, 15) is 19.2 Å². The Morgan fingerprint density at radius 3 is 2.56 bits per heavy atom. The molecule has 1 fully saturated rings. The van der Waals surface area contributed by atoms with Gasteiger partial charge < -0.3 is 14.2 Å². The molecule has 0 aromatic heterocycles. The molecule has 2 aliphatic heterocycles. The first-order chi connectivity index (χ1) is 18.5. The molecule has 1 saturated heterocycles. The first kappa shape index (κ1) is 26.9. The van der Waals surface area contributed by atoms with Crippen LogP contribution in [0, 0.1) is 5.92 Å². The molecule has 0 bridgehead atoms. The molecule has 206 valence electrons. The maximum atomic E-state index is 13.0. The van der Waals surface area contributed by atoms with Crippen LogP contribution in [0.4, 0.5) is 4.79 Å². The van der Waals surface area contributed by atoms with Crippen molar-refractivity contribution < 1.29 is 33.4 Å². The van der Waals surface area contributed by atoms with Crippen LogP contribution in [-0.4, -0.2) is 53.3 Å². The van der Waals surface area contributed by atoms with Crippen LogP contribution in [0.15, 0.2) is 30.3 Å². The highest BCUT2D eigenvalue weighted by Gasteiger charge is 2.42. The van der Waals surface area contributed by atoms with Crippen molar-refractivity contribution in [1.82, 2.24) is 4.90 Å². The molecular formula is C31H35NO7. The van der Waals surface area contributed by atoms with Gasteiger partial charge in [-0.15, -0.1) is 0 Å². The molecule has 2 atom stereocenters. The zero-order valence-electron chi connectivity index (χ0n) is 23.0. The Kier molecular flexibility index (Phi) is 7.23. The number of aryl methyl sites for hydroxylation is 1. The third kappa shape index (κ3) is 5.56. The average molecular weight is 534 g/mol. The van der Waals surface area contributed by atoms with E-state index in [1.165, 1.54) is 4.90 Å².